The van der Waals surface area contributed by atoms with Gasteiger partial charge in [0.2, 0.25) is 0 Å². The Balaban J connectivity index is 2.83. The number of rotatable bonds is 3. The fourth-order valence-electron chi connectivity index (χ4n) is 0.245. The molecule has 0 bridgehead atoms. The lowest BCUT2D eigenvalue weighted by Gasteiger charge is -2.03. The van der Waals surface area contributed by atoms with Gasteiger partial charge >= 0.3 is 0 Å². The van der Waals surface area contributed by atoms with Crippen molar-refractivity contribution < 1.29 is 14.9 Å². The van der Waals surface area contributed by atoms with Crippen molar-refractivity contribution in [3.63, 3.8) is 0 Å². The average molecular weight is 106 g/mol. The zero-order valence-corrected chi connectivity index (χ0v) is 4.29. The van der Waals surface area contributed by atoms with E-state index in [4.69, 9.17) is 10.2 Å². The van der Waals surface area contributed by atoms with Gasteiger partial charge < -0.3 is 14.9 Å². The van der Waals surface area contributed by atoms with Crippen LogP contribution in [0, 0.1) is 0 Å². The van der Waals surface area contributed by atoms with Gasteiger partial charge in [0, 0.05) is 6.61 Å². The second kappa shape index (κ2) is 4.05. The van der Waals surface area contributed by atoms with Crippen molar-refractivity contribution in [1.82, 2.24) is 0 Å². The summed E-state index contributed by atoms with van der Waals surface area (Å²) in [6, 6.07) is 0. The highest BCUT2D eigenvalue weighted by atomic mass is 16.6. The molecule has 0 saturated heterocycles. The maximum atomic E-state index is 8.39. The Labute approximate surface area is 42.5 Å². The molecule has 7 heavy (non-hydrogen) atoms. The van der Waals surface area contributed by atoms with Crippen molar-refractivity contribution in [3.05, 3.63) is 0 Å². The normalized spacial score (nSPS) is 14.1. The molecular weight excluding hydrogens is 96.0 g/mol. The molecule has 44 valence electrons. The zero-order valence-electron chi connectivity index (χ0n) is 4.29. The van der Waals surface area contributed by atoms with Gasteiger partial charge in [-0.2, -0.15) is 0 Å². The van der Waals surface area contributed by atoms with E-state index in [0.717, 1.165) is 0 Å². The van der Waals surface area contributed by atoms with Gasteiger partial charge in [-0.25, -0.2) is 0 Å². The molecule has 0 aromatic carbocycles. The molecule has 0 rings (SSSR count). The number of hydrogen-bond acceptors (Lipinski definition) is 3. The van der Waals surface area contributed by atoms with Crippen molar-refractivity contribution in [3.8, 4) is 0 Å². The van der Waals surface area contributed by atoms with E-state index in [0.29, 0.717) is 6.61 Å². The summed E-state index contributed by atoms with van der Waals surface area (Å²) in [4.78, 5) is 0. The molecule has 0 aliphatic heterocycles. The summed E-state index contributed by atoms with van der Waals surface area (Å²) >= 11 is 0. The van der Waals surface area contributed by atoms with Gasteiger partial charge in [-0.15, -0.1) is 0 Å². The van der Waals surface area contributed by atoms with Crippen LogP contribution in [0.25, 0.3) is 0 Å². The van der Waals surface area contributed by atoms with E-state index in [1.165, 1.54) is 0 Å². The highest BCUT2D eigenvalue weighted by Gasteiger charge is 1.95. The largest absolute Gasteiger partial charge is 0.391 e. The molecule has 0 amide bonds. The first-order valence-electron chi connectivity index (χ1n) is 2.21. The number of aliphatic hydroxyl groups excluding tert-OH is 2. The van der Waals surface area contributed by atoms with Crippen molar-refractivity contribution >= 4 is 0 Å². The third-order valence-electron chi connectivity index (χ3n) is 0.515. The summed E-state index contributed by atoms with van der Waals surface area (Å²) < 4.78 is 4.50. The van der Waals surface area contributed by atoms with E-state index in [2.05, 4.69) is 4.74 Å². The number of hydrogen-bond donors (Lipinski definition) is 2. The van der Waals surface area contributed by atoms with E-state index in [-0.39, 0.29) is 6.61 Å². The zero-order chi connectivity index (χ0) is 5.70. The summed E-state index contributed by atoms with van der Waals surface area (Å²) in [5, 5.41) is 16.5. The second-order valence-electron chi connectivity index (χ2n) is 1.09. The van der Waals surface area contributed by atoms with Gasteiger partial charge in [0.05, 0.1) is 6.61 Å². The van der Waals surface area contributed by atoms with Crippen LogP contribution in [0.2, 0.25) is 0 Å². The van der Waals surface area contributed by atoms with Gasteiger partial charge in [0.15, 0.2) is 6.29 Å². The molecule has 3 nitrogen and oxygen atoms in total. The summed E-state index contributed by atoms with van der Waals surface area (Å²) in [7, 11) is 0. The van der Waals surface area contributed by atoms with Crippen molar-refractivity contribution in [1.29, 1.82) is 0 Å². The van der Waals surface area contributed by atoms with Crippen LogP contribution in [0.5, 0.6) is 0 Å². The van der Waals surface area contributed by atoms with E-state index in [1.54, 1.807) is 6.92 Å². The molecule has 0 aromatic heterocycles. The molecule has 0 fully saturated rings. The van der Waals surface area contributed by atoms with Gasteiger partial charge in [-0.1, -0.05) is 0 Å². The SMILES string of the molecule is CCOC(O)CO. The van der Waals surface area contributed by atoms with Gasteiger partial charge in [0.1, 0.15) is 0 Å². The molecule has 0 aromatic rings. The van der Waals surface area contributed by atoms with Crippen molar-refractivity contribution in [2.24, 2.45) is 0 Å². The minimum atomic E-state index is -0.995. The van der Waals surface area contributed by atoms with Crippen molar-refractivity contribution in [2.75, 3.05) is 13.2 Å². The summed E-state index contributed by atoms with van der Waals surface area (Å²) in [5.74, 6) is 0. The van der Waals surface area contributed by atoms with Gasteiger partial charge in [-0.05, 0) is 6.92 Å². The Hall–Kier alpha value is -0.120. The summed E-state index contributed by atoms with van der Waals surface area (Å²) in [6.45, 7) is 1.86. The maximum absolute atomic E-state index is 8.39. The van der Waals surface area contributed by atoms with Crippen LogP contribution in [0.4, 0.5) is 0 Å². The second-order valence-corrected chi connectivity index (χ2v) is 1.09. The van der Waals surface area contributed by atoms with Crippen LogP contribution in [-0.4, -0.2) is 29.7 Å². The first-order chi connectivity index (χ1) is 3.31. The molecule has 1 unspecified atom stereocenters. The molecule has 1 atom stereocenters. The molecule has 0 spiro atoms. The fraction of sp³-hybridized carbons (Fsp3) is 1.00. The Morgan fingerprint density at radius 2 is 2.29 bits per heavy atom. The lowest BCUT2D eigenvalue weighted by Crippen LogP contribution is -2.15. The molecule has 0 heterocycles. The van der Waals surface area contributed by atoms with E-state index in [9.17, 15) is 0 Å². The quantitative estimate of drug-likeness (QED) is 0.469. The Morgan fingerprint density at radius 1 is 1.71 bits per heavy atom. The highest BCUT2D eigenvalue weighted by Crippen LogP contribution is 1.80. The average Bonchev–Trinajstić information content (AvgIpc) is 1.68. The lowest BCUT2D eigenvalue weighted by molar-refractivity contribution is -0.120. The number of ether oxygens (including phenoxy) is 1. The predicted octanol–water partition coefficient (Wildman–Crippen LogP) is -0.666. The minimum Gasteiger partial charge on any atom is -0.391 e. The van der Waals surface area contributed by atoms with E-state index < -0.39 is 6.29 Å². The van der Waals surface area contributed by atoms with Gasteiger partial charge in [0.25, 0.3) is 0 Å². The highest BCUT2D eigenvalue weighted by molar-refractivity contribution is 4.29. The van der Waals surface area contributed by atoms with Crippen LogP contribution in [0.3, 0.4) is 0 Å². The van der Waals surface area contributed by atoms with Crippen LogP contribution in [-0.2, 0) is 4.74 Å². The molecule has 0 aliphatic carbocycles. The molecule has 0 saturated carbocycles. The Kier molecular flexibility index (Phi) is 3.98. The van der Waals surface area contributed by atoms with Crippen LogP contribution >= 0.6 is 0 Å². The third kappa shape index (κ3) is 3.72. The minimum absolute atomic E-state index is 0.326. The first-order valence-corrected chi connectivity index (χ1v) is 2.21. The van der Waals surface area contributed by atoms with E-state index >= 15 is 0 Å². The van der Waals surface area contributed by atoms with E-state index in [1.807, 2.05) is 0 Å². The topological polar surface area (TPSA) is 49.7 Å². The van der Waals surface area contributed by atoms with Crippen LogP contribution in [0.15, 0.2) is 0 Å². The fourth-order valence-corrected chi connectivity index (χ4v) is 0.245. The molecule has 2 N–H and O–H groups in total. The standard InChI is InChI=1S/C4H10O3/c1-2-7-4(6)3-5/h4-6H,2-3H2,1H3. The predicted molar refractivity (Wildman–Crippen MR) is 24.7 cm³/mol. The third-order valence-corrected chi connectivity index (χ3v) is 0.515. The summed E-state index contributed by atoms with van der Waals surface area (Å²) in [5.41, 5.74) is 0. The Bertz CT molecular complexity index is 37.9. The first kappa shape index (κ1) is 6.88. The molecular formula is C4H10O3. The monoisotopic (exact) mass is 106 g/mol. The smallest absolute Gasteiger partial charge is 0.177 e. The molecule has 3 heteroatoms. The summed E-state index contributed by atoms with van der Waals surface area (Å²) in [6.07, 6.45) is -0.995. The molecule has 0 aliphatic rings. The Morgan fingerprint density at radius 3 is 2.43 bits per heavy atom. The van der Waals surface area contributed by atoms with Crippen LogP contribution < -0.4 is 0 Å². The molecule has 0 radical (unpaired) electrons. The van der Waals surface area contributed by atoms with Crippen molar-refractivity contribution in [2.45, 2.75) is 13.2 Å². The lowest BCUT2D eigenvalue weighted by atomic mass is 10.7. The number of aliphatic hydroxyl groups is 2. The van der Waals surface area contributed by atoms with Gasteiger partial charge in [-0.3, -0.25) is 0 Å². The van der Waals surface area contributed by atoms with Crippen LogP contribution in [0.1, 0.15) is 6.92 Å². The maximum Gasteiger partial charge on any atom is 0.177 e.